The van der Waals surface area contributed by atoms with Crippen LogP contribution < -0.4 is 16.0 Å². The average molecular weight is 383 g/mol. The van der Waals surface area contributed by atoms with Gasteiger partial charge in [0.2, 0.25) is 0 Å². The minimum absolute atomic E-state index is 0.122. The van der Waals surface area contributed by atoms with Crippen LogP contribution in [0.25, 0.3) is 21.9 Å². The number of nitrogens with zero attached hydrogens (tertiary/aromatic N) is 3. The number of amides is 2. The Hall–Kier alpha value is -2.94. The van der Waals surface area contributed by atoms with Crippen molar-refractivity contribution in [2.24, 2.45) is 5.92 Å². The van der Waals surface area contributed by atoms with Crippen LogP contribution in [0.5, 0.6) is 0 Å². The first-order valence-corrected chi connectivity index (χ1v) is 9.62. The molecule has 1 aliphatic rings. The molecule has 1 fully saturated rings. The smallest absolute Gasteiger partial charge is 0.314 e. The van der Waals surface area contributed by atoms with Crippen molar-refractivity contribution in [3.8, 4) is 0 Å². The predicted molar refractivity (Wildman–Crippen MR) is 107 cm³/mol. The van der Waals surface area contributed by atoms with E-state index in [9.17, 15) is 9.59 Å². The maximum absolute atomic E-state index is 12.3. The molecule has 28 heavy (non-hydrogen) atoms. The Bertz CT molecular complexity index is 1040. The molecular weight excluding hydrogens is 358 g/mol. The molecule has 0 aliphatic carbocycles. The van der Waals surface area contributed by atoms with Gasteiger partial charge in [-0.25, -0.2) is 4.98 Å². The summed E-state index contributed by atoms with van der Waals surface area (Å²) in [5, 5.41) is 15.1. The summed E-state index contributed by atoms with van der Waals surface area (Å²) in [5.74, 6) is -0.628. The Morgan fingerprint density at radius 2 is 2.11 bits per heavy atom. The highest BCUT2D eigenvalue weighted by molar-refractivity contribution is 6.40. The fourth-order valence-corrected chi connectivity index (χ4v) is 3.75. The van der Waals surface area contributed by atoms with Crippen LogP contribution in [0, 0.1) is 5.92 Å². The first-order chi connectivity index (χ1) is 13.5. The molecule has 2 amide bonds. The average Bonchev–Trinajstić information content (AvgIpc) is 3.26. The van der Waals surface area contributed by atoms with Crippen molar-refractivity contribution in [2.75, 3.05) is 18.4 Å². The number of fused-ring (bicyclic) bond motifs is 3. The number of nitrogens with one attached hydrogen (secondary N) is 4. The summed E-state index contributed by atoms with van der Waals surface area (Å²) in [6, 6.07) is 1.98. The molecular formula is C19H25N7O2. The maximum Gasteiger partial charge on any atom is 0.314 e. The van der Waals surface area contributed by atoms with E-state index in [0.717, 1.165) is 41.4 Å². The largest absolute Gasteiger partial charge is 0.346 e. The second-order valence-corrected chi connectivity index (χ2v) is 7.67. The molecule has 0 spiro atoms. The standard InChI is InChI=1S/C19H25N7O2/c1-10(2)23-18(27)19(28)24-17-13-8-22-16-12(5-7-21-16)15(13)26(25-17)14-9-20-6-4-11(14)3/h5,7-8,10-11,14,20H,4,6,9H2,1-3H3,(H,21,22)(H,23,27)(H,24,25,28)/t11-,14+/m1/s1. The number of carbonyl (C=O) groups is 2. The van der Waals surface area contributed by atoms with E-state index in [1.54, 1.807) is 20.0 Å². The number of pyridine rings is 1. The fourth-order valence-electron chi connectivity index (χ4n) is 3.75. The second kappa shape index (κ2) is 7.23. The molecule has 0 bridgehead atoms. The lowest BCUT2D eigenvalue weighted by molar-refractivity contribution is -0.136. The van der Waals surface area contributed by atoms with Gasteiger partial charge in [-0.2, -0.15) is 5.10 Å². The first kappa shape index (κ1) is 18.4. The van der Waals surface area contributed by atoms with E-state index in [4.69, 9.17) is 5.10 Å². The van der Waals surface area contributed by atoms with Crippen LogP contribution in [0.2, 0.25) is 0 Å². The van der Waals surface area contributed by atoms with E-state index in [1.165, 1.54) is 0 Å². The lowest BCUT2D eigenvalue weighted by Gasteiger charge is -2.30. The molecule has 1 aliphatic heterocycles. The molecule has 3 aromatic heterocycles. The summed E-state index contributed by atoms with van der Waals surface area (Å²) in [6.45, 7) is 7.60. The number of hydrogen-bond acceptors (Lipinski definition) is 5. The van der Waals surface area contributed by atoms with Gasteiger partial charge in [-0.3, -0.25) is 14.3 Å². The van der Waals surface area contributed by atoms with Crippen molar-refractivity contribution in [2.45, 2.75) is 39.3 Å². The molecule has 9 nitrogen and oxygen atoms in total. The second-order valence-electron chi connectivity index (χ2n) is 7.67. The summed E-state index contributed by atoms with van der Waals surface area (Å²) < 4.78 is 1.97. The van der Waals surface area contributed by atoms with Crippen LogP contribution in [0.15, 0.2) is 18.5 Å². The molecule has 1 saturated heterocycles. The van der Waals surface area contributed by atoms with E-state index < -0.39 is 11.8 Å². The number of aromatic nitrogens is 4. The van der Waals surface area contributed by atoms with Crippen molar-refractivity contribution in [3.05, 3.63) is 18.5 Å². The number of carbonyl (C=O) groups excluding carboxylic acids is 2. The molecule has 0 radical (unpaired) electrons. The lowest BCUT2D eigenvalue weighted by atomic mass is 9.95. The maximum atomic E-state index is 12.3. The topological polar surface area (TPSA) is 117 Å². The number of H-pyrrole nitrogens is 1. The van der Waals surface area contributed by atoms with Crippen LogP contribution in [0.1, 0.15) is 33.2 Å². The van der Waals surface area contributed by atoms with Crippen LogP contribution in [0.3, 0.4) is 0 Å². The summed E-state index contributed by atoms with van der Waals surface area (Å²) in [7, 11) is 0. The minimum atomic E-state index is -0.732. The molecule has 4 heterocycles. The summed E-state index contributed by atoms with van der Waals surface area (Å²) >= 11 is 0. The Morgan fingerprint density at radius 3 is 2.86 bits per heavy atom. The van der Waals surface area contributed by atoms with Crippen LogP contribution in [-0.4, -0.2) is 50.7 Å². The summed E-state index contributed by atoms with van der Waals surface area (Å²) in [4.78, 5) is 31.9. The van der Waals surface area contributed by atoms with Gasteiger partial charge in [-0.15, -0.1) is 0 Å². The zero-order valence-electron chi connectivity index (χ0n) is 16.2. The number of rotatable bonds is 3. The monoisotopic (exact) mass is 383 g/mol. The third-order valence-electron chi connectivity index (χ3n) is 5.21. The number of hydrogen-bond donors (Lipinski definition) is 4. The van der Waals surface area contributed by atoms with Crippen LogP contribution in [0.4, 0.5) is 5.82 Å². The first-order valence-electron chi connectivity index (χ1n) is 9.62. The highest BCUT2D eigenvalue weighted by Crippen LogP contribution is 2.34. The van der Waals surface area contributed by atoms with Crippen molar-refractivity contribution in [3.63, 3.8) is 0 Å². The molecule has 0 saturated carbocycles. The zero-order valence-corrected chi connectivity index (χ0v) is 16.2. The normalized spacial score (nSPS) is 20.0. The van der Waals surface area contributed by atoms with Gasteiger partial charge >= 0.3 is 11.8 Å². The Labute approximate surface area is 162 Å². The van der Waals surface area contributed by atoms with Gasteiger partial charge in [0.05, 0.1) is 16.9 Å². The van der Waals surface area contributed by atoms with Gasteiger partial charge in [0.1, 0.15) is 5.65 Å². The number of aromatic amines is 1. The Morgan fingerprint density at radius 1 is 1.29 bits per heavy atom. The minimum Gasteiger partial charge on any atom is -0.346 e. The molecule has 4 rings (SSSR count). The van der Waals surface area contributed by atoms with E-state index in [0.29, 0.717) is 11.7 Å². The van der Waals surface area contributed by atoms with E-state index in [1.807, 2.05) is 16.9 Å². The van der Waals surface area contributed by atoms with Crippen LogP contribution in [-0.2, 0) is 9.59 Å². The van der Waals surface area contributed by atoms with E-state index in [-0.39, 0.29) is 12.1 Å². The lowest BCUT2D eigenvalue weighted by Crippen LogP contribution is -2.39. The molecule has 3 aromatic rings. The van der Waals surface area contributed by atoms with Gasteiger partial charge in [0, 0.05) is 30.4 Å². The predicted octanol–water partition coefficient (Wildman–Crippen LogP) is 1.55. The van der Waals surface area contributed by atoms with Crippen molar-refractivity contribution in [1.29, 1.82) is 0 Å². The fraction of sp³-hybridized carbons (Fsp3) is 0.474. The number of anilines is 1. The van der Waals surface area contributed by atoms with Gasteiger partial charge in [-0.05, 0) is 38.8 Å². The molecule has 148 valence electrons. The van der Waals surface area contributed by atoms with Crippen LogP contribution >= 0.6 is 0 Å². The SMILES string of the molecule is CC(C)NC(=O)C(=O)Nc1nn([C@H]2CNCC[C@H]2C)c2c1cnc1[nH]ccc12. The third-order valence-corrected chi connectivity index (χ3v) is 5.21. The molecule has 9 heteroatoms. The molecule has 2 atom stereocenters. The zero-order chi connectivity index (χ0) is 19.8. The molecule has 4 N–H and O–H groups in total. The summed E-state index contributed by atoms with van der Waals surface area (Å²) in [5.41, 5.74) is 1.67. The third kappa shape index (κ3) is 3.22. The molecule has 0 aromatic carbocycles. The van der Waals surface area contributed by atoms with Gasteiger partial charge in [0.15, 0.2) is 5.82 Å². The highest BCUT2D eigenvalue weighted by Gasteiger charge is 2.28. The summed E-state index contributed by atoms with van der Waals surface area (Å²) in [6.07, 6.45) is 4.58. The van der Waals surface area contributed by atoms with Crippen molar-refractivity contribution >= 4 is 39.6 Å². The Balaban J connectivity index is 1.79. The van der Waals surface area contributed by atoms with Gasteiger partial charge < -0.3 is 20.9 Å². The quantitative estimate of drug-likeness (QED) is 0.512. The number of piperidine rings is 1. The van der Waals surface area contributed by atoms with Gasteiger partial charge in [-0.1, -0.05) is 6.92 Å². The van der Waals surface area contributed by atoms with Crippen molar-refractivity contribution in [1.82, 2.24) is 30.4 Å². The molecule has 0 unspecified atom stereocenters. The highest BCUT2D eigenvalue weighted by atomic mass is 16.2. The van der Waals surface area contributed by atoms with Crippen molar-refractivity contribution < 1.29 is 9.59 Å². The Kier molecular flexibility index (Phi) is 4.76. The van der Waals surface area contributed by atoms with E-state index >= 15 is 0 Å². The van der Waals surface area contributed by atoms with E-state index in [2.05, 4.69) is 32.8 Å². The van der Waals surface area contributed by atoms with Gasteiger partial charge in [0.25, 0.3) is 0 Å².